The molecule has 0 unspecified atom stereocenters. The molecule has 0 aliphatic heterocycles. The highest BCUT2D eigenvalue weighted by molar-refractivity contribution is 5.58. The van der Waals surface area contributed by atoms with Crippen molar-refractivity contribution < 1.29 is 4.39 Å². The van der Waals surface area contributed by atoms with Crippen LogP contribution in [0.3, 0.4) is 0 Å². The second-order valence-electron chi connectivity index (χ2n) is 5.14. The van der Waals surface area contributed by atoms with Gasteiger partial charge in [-0.15, -0.1) is 0 Å². The van der Waals surface area contributed by atoms with Gasteiger partial charge in [0.15, 0.2) is 0 Å². The Morgan fingerprint density at radius 3 is 2.65 bits per heavy atom. The van der Waals surface area contributed by atoms with E-state index in [0.717, 1.165) is 29.9 Å². The molecule has 0 bridgehead atoms. The molecule has 4 heteroatoms. The fraction of sp³-hybridized carbons (Fsp3) is 0.438. The lowest BCUT2D eigenvalue weighted by atomic mass is 10.1. The Kier molecular flexibility index (Phi) is 5.30. The summed E-state index contributed by atoms with van der Waals surface area (Å²) in [5.41, 5.74) is 7.94. The maximum absolute atomic E-state index is 12.9. The van der Waals surface area contributed by atoms with Crippen LogP contribution >= 0.6 is 0 Å². The number of rotatable bonds is 7. The molecule has 1 aromatic carbocycles. The SMILES string of the molecule is CCCCCC[C@@H](N)c1ncc(-c2ccc(F)cc2)[nH]1. The minimum absolute atomic E-state index is 0.0546. The summed E-state index contributed by atoms with van der Waals surface area (Å²) in [6.45, 7) is 2.20. The van der Waals surface area contributed by atoms with Crippen LogP contribution in [-0.2, 0) is 0 Å². The van der Waals surface area contributed by atoms with Gasteiger partial charge in [0.05, 0.1) is 17.9 Å². The van der Waals surface area contributed by atoms with E-state index >= 15 is 0 Å². The van der Waals surface area contributed by atoms with Crippen molar-refractivity contribution in [1.29, 1.82) is 0 Å². The van der Waals surface area contributed by atoms with Gasteiger partial charge < -0.3 is 10.7 Å². The molecule has 0 aliphatic rings. The number of nitrogens with zero attached hydrogens (tertiary/aromatic N) is 1. The summed E-state index contributed by atoms with van der Waals surface area (Å²) < 4.78 is 12.9. The van der Waals surface area contributed by atoms with E-state index in [1.54, 1.807) is 18.3 Å². The lowest BCUT2D eigenvalue weighted by molar-refractivity contribution is 0.550. The number of H-pyrrole nitrogens is 1. The summed E-state index contributed by atoms with van der Waals surface area (Å²) >= 11 is 0. The molecule has 0 amide bonds. The van der Waals surface area contributed by atoms with Crippen LogP contribution in [0.4, 0.5) is 4.39 Å². The van der Waals surface area contributed by atoms with E-state index in [0.29, 0.717) is 0 Å². The Bertz CT molecular complexity index is 519. The molecule has 0 fully saturated rings. The number of halogens is 1. The molecule has 3 N–H and O–H groups in total. The summed E-state index contributed by atoms with van der Waals surface area (Å²) in [5.74, 6) is 0.571. The van der Waals surface area contributed by atoms with Gasteiger partial charge >= 0.3 is 0 Å². The van der Waals surface area contributed by atoms with Crippen molar-refractivity contribution in [3.8, 4) is 11.3 Å². The number of unbranched alkanes of at least 4 members (excludes halogenated alkanes) is 3. The van der Waals surface area contributed by atoms with Crippen LogP contribution < -0.4 is 5.73 Å². The Balaban J connectivity index is 1.96. The van der Waals surface area contributed by atoms with Gasteiger partial charge in [-0.05, 0) is 36.2 Å². The Labute approximate surface area is 119 Å². The summed E-state index contributed by atoms with van der Waals surface area (Å²) in [7, 11) is 0. The van der Waals surface area contributed by atoms with E-state index in [1.165, 1.54) is 31.4 Å². The molecule has 0 radical (unpaired) electrons. The van der Waals surface area contributed by atoms with Crippen molar-refractivity contribution >= 4 is 0 Å². The molecule has 20 heavy (non-hydrogen) atoms. The lowest BCUT2D eigenvalue weighted by Gasteiger charge is -2.08. The Hall–Kier alpha value is -1.68. The molecule has 0 saturated heterocycles. The zero-order valence-corrected chi connectivity index (χ0v) is 11.9. The van der Waals surface area contributed by atoms with E-state index in [9.17, 15) is 4.39 Å². The summed E-state index contributed by atoms with van der Waals surface area (Å²) in [6.07, 6.45) is 7.53. The van der Waals surface area contributed by atoms with Crippen molar-refractivity contribution in [2.24, 2.45) is 5.73 Å². The maximum Gasteiger partial charge on any atom is 0.123 e. The summed E-state index contributed by atoms with van der Waals surface area (Å²) in [6, 6.07) is 6.31. The zero-order valence-electron chi connectivity index (χ0n) is 11.9. The van der Waals surface area contributed by atoms with Gasteiger partial charge in [0.2, 0.25) is 0 Å². The quantitative estimate of drug-likeness (QED) is 0.744. The molecule has 2 aromatic rings. The van der Waals surface area contributed by atoms with Crippen LogP contribution in [0.1, 0.15) is 50.9 Å². The van der Waals surface area contributed by atoms with Gasteiger partial charge in [-0.1, -0.05) is 32.6 Å². The molecule has 0 saturated carbocycles. The van der Waals surface area contributed by atoms with E-state index in [1.807, 2.05) is 0 Å². The second-order valence-corrected chi connectivity index (χ2v) is 5.14. The highest BCUT2D eigenvalue weighted by atomic mass is 19.1. The van der Waals surface area contributed by atoms with Gasteiger partial charge in [0, 0.05) is 0 Å². The normalized spacial score (nSPS) is 12.6. The first-order chi connectivity index (χ1) is 9.70. The minimum Gasteiger partial charge on any atom is -0.341 e. The topological polar surface area (TPSA) is 54.7 Å². The molecular formula is C16H22FN3. The Morgan fingerprint density at radius 2 is 1.95 bits per heavy atom. The number of benzene rings is 1. The largest absolute Gasteiger partial charge is 0.341 e. The number of nitrogens with one attached hydrogen (secondary N) is 1. The number of aromatic nitrogens is 2. The van der Waals surface area contributed by atoms with Crippen molar-refractivity contribution in [3.05, 3.63) is 42.1 Å². The van der Waals surface area contributed by atoms with Crippen molar-refractivity contribution in [3.63, 3.8) is 0 Å². The number of aromatic amines is 1. The summed E-state index contributed by atoms with van der Waals surface area (Å²) in [4.78, 5) is 7.57. The fourth-order valence-corrected chi connectivity index (χ4v) is 2.23. The molecular weight excluding hydrogens is 253 g/mol. The van der Waals surface area contributed by atoms with Crippen LogP contribution in [0.25, 0.3) is 11.3 Å². The fourth-order valence-electron chi connectivity index (χ4n) is 2.23. The van der Waals surface area contributed by atoms with Gasteiger partial charge in [-0.2, -0.15) is 0 Å². The molecule has 108 valence electrons. The summed E-state index contributed by atoms with van der Waals surface area (Å²) in [5, 5.41) is 0. The number of hydrogen-bond donors (Lipinski definition) is 2. The highest BCUT2D eigenvalue weighted by Gasteiger charge is 2.10. The van der Waals surface area contributed by atoms with Gasteiger partial charge in [0.25, 0.3) is 0 Å². The van der Waals surface area contributed by atoms with E-state index in [2.05, 4.69) is 16.9 Å². The van der Waals surface area contributed by atoms with E-state index in [4.69, 9.17) is 5.73 Å². The average molecular weight is 275 g/mol. The molecule has 1 aromatic heterocycles. The minimum atomic E-state index is -0.235. The van der Waals surface area contributed by atoms with Crippen molar-refractivity contribution in [2.45, 2.75) is 45.1 Å². The van der Waals surface area contributed by atoms with E-state index < -0.39 is 0 Å². The van der Waals surface area contributed by atoms with Crippen LogP contribution in [0.15, 0.2) is 30.5 Å². The second kappa shape index (κ2) is 7.20. The average Bonchev–Trinajstić information content (AvgIpc) is 2.94. The highest BCUT2D eigenvalue weighted by Crippen LogP contribution is 2.21. The monoisotopic (exact) mass is 275 g/mol. The predicted molar refractivity (Wildman–Crippen MR) is 79.7 cm³/mol. The number of imidazole rings is 1. The molecule has 1 heterocycles. The van der Waals surface area contributed by atoms with Gasteiger partial charge in [-0.3, -0.25) is 0 Å². The Morgan fingerprint density at radius 1 is 1.20 bits per heavy atom. The molecule has 0 spiro atoms. The van der Waals surface area contributed by atoms with Crippen LogP contribution in [-0.4, -0.2) is 9.97 Å². The number of hydrogen-bond acceptors (Lipinski definition) is 2. The molecule has 0 aliphatic carbocycles. The number of nitrogens with two attached hydrogens (primary N) is 1. The standard InChI is InChI=1S/C16H22FN3/c1-2-3-4-5-6-14(18)16-19-11-15(20-16)12-7-9-13(17)10-8-12/h7-11,14H,2-6,18H2,1H3,(H,19,20)/t14-/m1/s1. The molecule has 3 nitrogen and oxygen atoms in total. The first-order valence-corrected chi connectivity index (χ1v) is 7.27. The maximum atomic E-state index is 12.9. The predicted octanol–water partition coefficient (Wildman–Crippen LogP) is 4.19. The van der Waals surface area contributed by atoms with Crippen molar-refractivity contribution in [1.82, 2.24) is 9.97 Å². The van der Waals surface area contributed by atoms with Crippen LogP contribution in [0.5, 0.6) is 0 Å². The van der Waals surface area contributed by atoms with Gasteiger partial charge in [0.1, 0.15) is 11.6 Å². The third-order valence-electron chi connectivity index (χ3n) is 3.47. The first-order valence-electron chi connectivity index (χ1n) is 7.27. The van der Waals surface area contributed by atoms with Gasteiger partial charge in [-0.25, -0.2) is 9.37 Å². The third-order valence-corrected chi connectivity index (χ3v) is 3.47. The van der Waals surface area contributed by atoms with Crippen LogP contribution in [0, 0.1) is 5.82 Å². The van der Waals surface area contributed by atoms with Crippen molar-refractivity contribution in [2.75, 3.05) is 0 Å². The first kappa shape index (κ1) is 14.7. The van der Waals surface area contributed by atoms with E-state index in [-0.39, 0.29) is 11.9 Å². The lowest BCUT2D eigenvalue weighted by Crippen LogP contribution is -2.11. The molecule has 1 atom stereocenters. The van der Waals surface area contributed by atoms with Crippen LogP contribution in [0.2, 0.25) is 0 Å². The zero-order chi connectivity index (χ0) is 14.4. The third kappa shape index (κ3) is 3.90. The smallest absolute Gasteiger partial charge is 0.123 e. The molecule has 2 rings (SSSR count).